The van der Waals surface area contributed by atoms with E-state index in [1.807, 2.05) is 0 Å². The van der Waals surface area contributed by atoms with E-state index in [4.69, 9.17) is 4.74 Å². The fourth-order valence-electron chi connectivity index (χ4n) is 1.32. The normalized spacial score (nSPS) is 31.2. The molecule has 1 fully saturated rings. The molecule has 1 aliphatic heterocycles. The van der Waals surface area contributed by atoms with E-state index in [-0.39, 0.29) is 0 Å². The van der Waals surface area contributed by atoms with E-state index in [2.05, 4.69) is 18.9 Å². The molecule has 0 aromatic heterocycles. The number of nitrogens with zero attached hydrogens (tertiary/aromatic N) is 1. The summed E-state index contributed by atoms with van der Waals surface area (Å²) < 4.78 is 5.37. The van der Waals surface area contributed by atoms with Crippen molar-refractivity contribution >= 4 is 0 Å². The molecule has 0 aromatic rings. The van der Waals surface area contributed by atoms with Crippen LogP contribution in [0.4, 0.5) is 0 Å². The van der Waals surface area contributed by atoms with Crippen molar-refractivity contribution in [2.75, 3.05) is 33.4 Å². The lowest BCUT2D eigenvalue weighted by atomic mass is 10.1. The number of hydrogen-bond acceptors (Lipinski definition) is 2. The van der Waals surface area contributed by atoms with Crippen LogP contribution in [0.15, 0.2) is 0 Å². The van der Waals surface area contributed by atoms with Crippen LogP contribution in [0, 0.1) is 5.92 Å². The van der Waals surface area contributed by atoms with E-state index < -0.39 is 0 Å². The highest BCUT2D eigenvalue weighted by molar-refractivity contribution is 4.61. The van der Waals surface area contributed by atoms with Crippen molar-refractivity contribution in [1.29, 1.82) is 0 Å². The van der Waals surface area contributed by atoms with E-state index in [1.165, 1.54) is 13.0 Å². The number of hydrogen-bond donors (Lipinski definition) is 0. The Morgan fingerprint density at radius 3 is 3.00 bits per heavy atom. The molecule has 1 rings (SSSR count). The van der Waals surface area contributed by atoms with E-state index in [0.717, 1.165) is 25.7 Å². The van der Waals surface area contributed by atoms with Gasteiger partial charge in [0.1, 0.15) is 0 Å². The number of likely N-dealkylation sites (N-methyl/N-ethyl adjacent to an activating group) is 1. The molecule has 0 amide bonds. The van der Waals surface area contributed by atoms with Crippen LogP contribution in [-0.4, -0.2) is 38.3 Å². The van der Waals surface area contributed by atoms with E-state index in [1.54, 1.807) is 0 Å². The lowest BCUT2D eigenvalue weighted by Crippen LogP contribution is -2.31. The summed E-state index contributed by atoms with van der Waals surface area (Å²) >= 11 is 0. The second-order valence-corrected chi connectivity index (χ2v) is 3.27. The van der Waals surface area contributed by atoms with Crippen LogP contribution in [0.1, 0.15) is 13.3 Å². The van der Waals surface area contributed by atoms with Crippen LogP contribution >= 0.6 is 0 Å². The fraction of sp³-hybridized carbons (Fsp3) is 1.00. The van der Waals surface area contributed by atoms with Crippen LogP contribution in [0.25, 0.3) is 0 Å². The Labute approximate surface area is 63.2 Å². The molecule has 0 radical (unpaired) electrons. The third-order valence-corrected chi connectivity index (χ3v) is 2.00. The van der Waals surface area contributed by atoms with Crippen molar-refractivity contribution < 1.29 is 4.74 Å². The highest BCUT2D eigenvalue weighted by atomic mass is 16.5. The molecule has 0 aromatic carbocycles. The Morgan fingerprint density at radius 1 is 1.40 bits per heavy atom. The van der Waals surface area contributed by atoms with Gasteiger partial charge in [-0.3, -0.25) is 0 Å². The monoisotopic (exact) mass is 143 g/mol. The third-order valence-electron chi connectivity index (χ3n) is 2.00. The number of rotatable bonds is 0. The summed E-state index contributed by atoms with van der Waals surface area (Å²) in [5.74, 6) is 0.797. The van der Waals surface area contributed by atoms with Gasteiger partial charge in [0, 0.05) is 19.7 Å². The number of ether oxygens (including phenoxy) is 1. The van der Waals surface area contributed by atoms with Crippen LogP contribution in [-0.2, 0) is 4.74 Å². The SMILES string of the molecule is CC1CCOCCN(C)C1. The summed E-state index contributed by atoms with van der Waals surface area (Å²) in [6, 6.07) is 0. The van der Waals surface area contributed by atoms with Gasteiger partial charge in [0.15, 0.2) is 0 Å². The van der Waals surface area contributed by atoms with Crippen molar-refractivity contribution in [3.63, 3.8) is 0 Å². The Bertz CT molecular complexity index is 85.3. The van der Waals surface area contributed by atoms with Gasteiger partial charge >= 0.3 is 0 Å². The molecular weight excluding hydrogens is 126 g/mol. The molecular formula is C8H17NO. The molecule has 0 bridgehead atoms. The smallest absolute Gasteiger partial charge is 0.0593 e. The van der Waals surface area contributed by atoms with E-state index in [0.29, 0.717) is 0 Å². The average Bonchev–Trinajstić information content (AvgIpc) is 1.83. The first-order chi connectivity index (χ1) is 4.79. The Morgan fingerprint density at radius 2 is 2.20 bits per heavy atom. The summed E-state index contributed by atoms with van der Waals surface area (Å²) in [5, 5.41) is 0. The van der Waals surface area contributed by atoms with E-state index in [9.17, 15) is 0 Å². The van der Waals surface area contributed by atoms with Crippen LogP contribution in [0.2, 0.25) is 0 Å². The second-order valence-electron chi connectivity index (χ2n) is 3.27. The molecule has 2 heteroatoms. The Kier molecular flexibility index (Phi) is 3.16. The van der Waals surface area contributed by atoms with Gasteiger partial charge < -0.3 is 9.64 Å². The van der Waals surface area contributed by atoms with Crippen molar-refractivity contribution in [2.24, 2.45) is 5.92 Å². The lowest BCUT2D eigenvalue weighted by Gasteiger charge is -2.24. The molecule has 0 saturated carbocycles. The van der Waals surface area contributed by atoms with Crippen LogP contribution in [0.5, 0.6) is 0 Å². The Hall–Kier alpha value is -0.0800. The van der Waals surface area contributed by atoms with Gasteiger partial charge in [-0.1, -0.05) is 6.92 Å². The van der Waals surface area contributed by atoms with E-state index >= 15 is 0 Å². The standard InChI is InChI=1S/C8H17NO/c1-8-3-5-10-6-4-9(2)7-8/h8H,3-7H2,1-2H3. The fourth-order valence-corrected chi connectivity index (χ4v) is 1.32. The van der Waals surface area contributed by atoms with Gasteiger partial charge in [-0.05, 0) is 19.4 Å². The van der Waals surface area contributed by atoms with Crippen molar-refractivity contribution in [2.45, 2.75) is 13.3 Å². The zero-order chi connectivity index (χ0) is 7.40. The van der Waals surface area contributed by atoms with Crippen LogP contribution < -0.4 is 0 Å². The topological polar surface area (TPSA) is 12.5 Å². The summed E-state index contributed by atoms with van der Waals surface area (Å²) in [6.07, 6.45) is 1.21. The van der Waals surface area contributed by atoms with Crippen molar-refractivity contribution in [3.8, 4) is 0 Å². The molecule has 0 spiro atoms. The van der Waals surface area contributed by atoms with Gasteiger partial charge in [0.2, 0.25) is 0 Å². The van der Waals surface area contributed by atoms with Crippen LogP contribution in [0.3, 0.4) is 0 Å². The van der Waals surface area contributed by atoms with Gasteiger partial charge in [-0.25, -0.2) is 0 Å². The maximum Gasteiger partial charge on any atom is 0.0593 e. The minimum absolute atomic E-state index is 0.797. The molecule has 2 nitrogen and oxygen atoms in total. The first kappa shape index (κ1) is 8.02. The predicted octanol–water partition coefficient (Wildman–Crippen LogP) is 0.975. The first-order valence-electron chi connectivity index (χ1n) is 4.05. The lowest BCUT2D eigenvalue weighted by molar-refractivity contribution is 0.0731. The maximum absolute atomic E-state index is 5.37. The maximum atomic E-state index is 5.37. The molecule has 1 unspecified atom stereocenters. The van der Waals surface area contributed by atoms with Gasteiger partial charge in [0.05, 0.1) is 6.61 Å². The van der Waals surface area contributed by atoms with Crippen molar-refractivity contribution in [1.82, 2.24) is 4.90 Å². The molecule has 1 saturated heterocycles. The minimum atomic E-state index is 0.797. The molecule has 1 aliphatic rings. The minimum Gasteiger partial charge on any atom is -0.380 e. The average molecular weight is 143 g/mol. The zero-order valence-electron chi connectivity index (χ0n) is 6.97. The summed E-state index contributed by atoms with van der Waals surface area (Å²) in [6.45, 7) is 6.46. The molecule has 1 atom stereocenters. The molecule has 0 N–H and O–H groups in total. The van der Waals surface area contributed by atoms with Gasteiger partial charge in [0.25, 0.3) is 0 Å². The predicted molar refractivity (Wildman–Crippen MR) is 42.1 cm³/mol. The highest BCUT2D eigenvalue weighted by Gasteiger charge is 2.08. The molecule has 0 aliphatic carbocycles. The first-order valence-corrected chi connectivity index (χ1v) is 4.05. The van der Waals surface area contributed by atoms with Crippen molar-refractivity contribution in [3.05, 3.63) is 0 Å². The quantitative estimate of drug-likeness (QED) is 0.501. The summed E-state index contributed by atoms with van der Waals surface area (Å²) in [4.78, 5) is 2.34. The second kappa shape index (κ2) is 3.94. The molecule has 60 valence electrons. The molecule has 1 heterocycles. The summed E-state index contributed by atoms with van der Waals surface area (Å²) in [7, 11) is 2.16. The third kappa shape index (κ3) is 2.67. The van der Waals surface area contributed by atoms with Gasteiger partial charge in [-0.2, -0.15) is 0 Å². The summed E-state index contributed by atoms with van der Waals surface area (Å²) in [5.41, 5.74) is 0. The van der Waals surface area contributed by atoms with Gasteiger partial charge in [-0.15, -0.1) is 0 Å². The molecule has 10 heavy (non-hydrogen) atoms. The highest BCUT2D eigenvalue weighted by Crippen LogP contribution is 2.06. The zero-order valence-corrected chi connectivity index (χ0v) is 6.97. The Balaban J connectivity index is 2.25. The largest absolute Gasteiger partial charge is 0.380 e.